The highest BCUT2D eigenvalue weighted by atomic mass is 16.3. The Morgan fingerprint density at radius 1 is 1.18 bits per heavy atom. The van der Waals surface area contributed by atoms with Gasteiger partial charge in [-0.3, -0.25) is 9.69 Å². The summed E-state index contributed by atoms with van der Waals surface area (Å²) in [6.07, 6.45) is 1.24. The zero-order valence-electron chi connectivity index (χ0n) is 12.9. The van der Waals surface area contributed by atoms with Crippen LogP contribution in [0.1, 0.15) is 12.0 Å². The first-order chi connectivity index (χ1) is 10.7. The lowest BCUT2D eigenvalue weighted by Gasteiger charge is -2.36. The fourth-order valence-electron chi connectivity index (χ4n) is 3.25. The molecule has 1 amide bonds. The van der Waals surface area contributed by atoms with E-state index in [0.717, 1.165) is 39.1 Å². The fraction of sp³-hybridized carbons (Fsp3) is 0.588. The highest BCUT2D eigenvalue weighted by molar-refractivity contribution is 5.82. The number of aliphatic hydroxyl groups excluding tert-OH is 1. The van der Waals surface area contributed by atoms with Crippen LogP contribution in [-0.4, -0.2) is 72.2 Å². The third-order valence-electron chi connectivity index (χ3n) is 4.65. The monoisotopic (exact) mass is 303 g/mol. The number of aliphatic hydroxyl groups is 1. The number of nitrogens with zero attached hydrogens (tertiary/aromatic N) is 2. The van der Waals surface area contributed by atoms with Crippen molar-refractivity contribution in [1.82, 2.24) is 15.1 Å². The number of amides is 1. The van der Waals surface area contributed by atoms with Gasteiger partial charge in [0.1, 0.15) is 0 Å². The highest BCUT2D eigenvalue weighted by Crippen LogP contribution is 2.12. The molecule has 0 saturated carbocycles. The zero-order chi connectivity index (χ0) is 15.4. The topological polar surface area (TPSA) is 55.8 Å². The number of carbonyl (C=O) groups excluding carboxylic acids is 1. The summed E-state index contributed by atoms with van der Waals surface area (Å²) < 4.78 is 0. The molecule has 2 aliphatic heterocycles. The number of nitrogens with one attached hydrogen (secondary N) is 1. The molecule has 2 atom stereocenters. The second-order valence-corrected chi connectivity index (χ2v) is 6.25. The first-order valence-corrected chi connectivity index (χ1v) is 8.19. The molecule has 120 valence electrons. The van der Waals surface area contributed by atoms with Gasteiger partial charge in [-0.15, -0.1) is 0 Å². The summed E-state index contributed by atoms with van der Waals surface area (Å²) in [6.45, 7) is 5.05. The average molecular weight is 303 g/mol. The largest absolute Gasteiger partial charge is 0.392 e. The molecule has 2 heterocycles. The molecular weight excluding hydrogens is 278 g/mol. The van der Waals surface area contributed by atoms with Gasteiger partial charge in [-0.2, -0.15) is 0 Å². The Balaban J connectivity index is 1.41. The van der Waals surface area contributed by atoms with Gasteiger partial charge in [-0.05, 0) is 18.4 Å². The van der Waals surface area contributed by atoms with Crippen molar-refractivity contribution in [1.29, 1.82) is 0 Å². The maximum Gasteiger partial charge on any atom is 0.239 e. The van der Waals surface area contributed by atoms with E-state index < -0.39 is 0 Å². The van der Waals surface area contributed by atoms with Gasteiger partial charge in [0.15, 0.2) is 0 Å². The minimum absolute atomic E-state index is 0.152. The predicted molar refractivity (Wildman–Crippen MR) is 85.6 cm³/mol. The fourth-order valence-corrected chi connectivity index (χ4v) is 3.25. The Morgan fingerprint density at radius 2 is 1.91 bits per heavy atom. The van der Waals surface area contributed by atoms with E-state index in [1.54, 1.807) is 0 Å². The van der Waals surface area contributed by atoms with E-state index in [1.165, 1.54) is 5.56 Å². The number of β-amino-alcohol motifs (C(OH)–C–C–N with tert-alkyl or cyclic N) is 1. The van der Waals surface area contributed by atoms with Crippen molar-refractivity contribution in [2.24, 2.45) is 0 Å². The number of hydrogen-bond donors (Lipinski definition) is 2. The van der Waals surface area contributed by atoms with E-state index in [1.807, 2.05) is 11.0 Å². The van der Waals surface area contributed by atoms with Gasteiger partial charge in [0, 0.05) is 39.3 Å². The first kappa shape index (κ1) is 15.5. The number of benzene rings is 1. The molecule has 2 fully saturated rings. The van der Waals surface area contributed by atoms with Crippen molar-refractivity contribution in [3.63, 3.8) is 0 Å². The maximum absolute atomic E-state index is 12.4. The summed E-state index contributed by atoms with van der Waals surface area (Å²) in [7, 11) is 0. The smallest absolute Gasteiger partial charge is 0.239 e. The van der Waals surface area contributed by atoms with Crippen LogP contribution >= 0.6 is 0 Å². The molecule has 0 spiro atoms. The van der Waals surface area contributed by atoms with Gasteiger partial charge in [-0.25, -0.2) is 0 Å². The number of hydrogen-bond acceptors (Lipinski definition) is 4. The third kappa shape index (κ3) is 3.85. The normalized spacial score (nSPS) is 26.3. The molecule has 5 heteroatoms. The zero-order valence-corrected chi connectivity index (χ0v) is 12.9. The molecule has 0 aromatic heterocycles. The lowest BCUT2D eigenvalue weighted by Crippen LogP contribution is -2.53. The highest BCUT2D eigenvalue weighted by Gasteiger charge is 2.32. The summed E-state index contributed by atoms with van der Waals surface area (Å²) in [6, 6.07) is 10.3. The second-order valence-electron chi connectivity index (χ2n) is 6.25. The Bertz CT molecular complexity index is 486. The third-order valence-corrected chi connectivity index (χ3v) is 4.65. The van der Waals surface area contributed by atoms with Crippen LogP contribution in [0.3, 0.4) is 0 Å². The van der Waals surface area contributed by atoms with Gasteiger partial charge in [0.25, 0.3) is 0 Å². The van der Waals surface area contributed by atoms with Crippen molar-refractivity contribution >= 4 is 5.91 Å². The molecule has 3 rings (SSSR count). The Morgan fingerprint density at radius 3 is 2.55 bits per heavy atom. The van der Waals surface area contributed by atoms with Gasteiger partial charge in [-0.1, -0.05) is 30.3 Å². The van der Waals surface area contributed by atoms with E-state index in [-0.39, 0.29) is 18.1 Å². The minimum Gasteiger partial charge on any atom is -0.392 e. The van der Waals surface area contributed by atoms with Crippen LogP contribution in [0.5, 0.6) is 0 Å². The average Bonchev–Trinajstić information content (AvgIpc) is 3.00. The standard InChI is InChI=1S/C17H25N3O2/c21-15-12-16(18-13-15)17(22)20-10-8-19(9-11-20)7-6-14-4-2-1-3-5-14/h1-5,15-16,18,21H,6-13H2. The van der Waals surface area contributed by atoms with Crippen LogP contribution in [0.4, 0.5) is 0 Å². The molecule has 0 radical (unpaired) electrons. The van der Waals surface area contributed by atoms with Crippen molar-refractivity contribution in [3.8, 4) is 0 Å². The Labute approximate surface area is 131 Å². The molecule has 2 aliphatic rings. The van der Waals surface area contributed by atoms with E-state index >= 15 is 0 Å². The molecule has 22 heavy (non-hydrogen) atoms. The Kier molecular flexibility index (Phi) is 5.08. The molecule has 0 bridgehead atoms. The number of rotatable bonds is 4. The molecular formula is C17H25N3O2. The number of carbonyl (C=O) groups is 1. The molecule has 2 saturated heterocycles. The minimum atomic E-state index is -0.374. The van der Waals surface area contributed by atoms with E-state index in [9.17, 15) is 9.90 Å². The van der Waals surface area contributed by atoms with E-state index in [2.05, 4.69) is 34.5 Å². The van der Waals surface area contributed by atoms with Crippen LogP contribution in [0.25, 0.3) is 0 Å². The van der Waals surface area contributed by atoms with Gasteiger partial charge >= 0.3 is 0 Å². The van der Waals surface area contributed by atoms with Crippen molar-refractivity contribution in [2.75, 3.05) is 39.3 Å². The van der Waals surface area contributed by atoms with Gasteiger partial charge < -0.3 is 15.3 Å². The molecule has 1 aromatic carbocycles. The van der Waals surface area contributed by atoms with Crippen LogP contribution in [0.15, 0.2) is 30.3 Å². The molecule has 2 unspecified atom stereocenters. The second kappa shape index (κ2) is 7.22. The summed E-state index contributed by atoms with van der Waals surface area (Å²) in [5, 5.41) is 12.6. The summed E-state index contributed by atoms with van der Waals surface area (Å²) in [4.78, 5) is 16.7. The number of piperazine rings is 1. The summed E-state index contributed by atoms with van der Waals surface area (Å²) in [5.74, 6) is 0.152. The van der Waals surface area contributed by atoms with Crippen molar-refractivity contribution in [3.05, 3.63) is 35.9 Å². The maximum atomic E-state index is 12.4. The van der Waals surface area contributed by atoms with Crippen molar-refractivity contribution in [2.45, 2.75) is 25.0 Å². The van der Waals surface area contributed by atoms with Crippen LogP contribution in [0.2, 0.25) is 0 Å². The van der Waals surface area contributed by atoms with Crippen LogP contribution in [-0.2, 0) is 11.2 Å². The van der Waals surface area contributed by atoms with E-state index in [0.29, 0.717) is 13.0 Å². The quantitative estimate of drug-likeness (QED) is 0.828. The first-order valence-electron chi connectivity index (χ1n) is 8.19. The van der Waals surface area contributed by atoms with Gasteiger partial charge in [0.2, 0.25) is 5.91 Å². The van der Waals surface area contributed by atoms with Crippen LogP contribution in [0, 0.1) is 0 Å². The molecule has 5 nitrogen and oxygen atoms in total. The Hall–Kier alpha value is -1.43. The SMILES string of the molecule is O=C(C1CC(O)CN1)N1CCN(CCc2ccccc2)CC1. The van der Waals surface area contributed by atoms with E-state index in [4.69, 9.17) is 0 Å². The molecule has 0 aliphatic carbocycles. The van der Waals surface area contributed by atoms with Crippen molar-refractivity contribution < 1.29 is 9.90 Å². The summed E-state index contributed by atoms with van der Waals surface area (Å²) in [5.41, 5.74) is 1.37. The molecule has 1 aromatic rings. The lowest BCUT2D eigenvalue weighted by atomic mass is 10.1. The lowest BCUT2D eigenvalue weighted by molar-refractivity contribution is -0.135. The molecule has 2 N–H and O–H groups in total. The van der Waals surface area contributed by atoms with Gasteiger partial charge in [0.05, 0.1) is 12.1 Å². The van der Waals surface area contributed by atoms with Crippen LogP contribution < -0.4 is 5.32 Å². The predicted octanol–water partition coefficient (Wildman–Crippen LogP) is 0.0961. The summed E-state index contributed by atoms with van der Waals surface area (Å²) >= 11 is 0.